The average molecular weight is 438 g/mol. The standard InChI is InChI=1S/C16H20N2.C14H15N/c1-3-7-15(8-4-1)13-17-11-12-18-14-16-9-5-2-6-10-16;1-3-7-13(8-4-1)11-15-12-14-9-5-2-6-10-14/h1-10,17-18H,11-14H2;1-10,15H,11-12H2. The van der Waals surface area contributed by atoms with Crippen LogP contribution < -0.4 is 16.0 Å². The lowest BCUT2D eigenvalue weighted by molar-refractivity contribution is 0.611. The van der Waals surface area contributed by atoms with Crippen molar-refractivity contribution in [1.29, 1.82) is 0 Å². The van der Waals surface area contributed by atoms with Crippen molar-refractivity contribution in [1.82, 2.24) is 16.0 Å². The monoisotopic (exact) mass is 437 g/mol. The van der Waals surface area contributed by atoms with Crippen molar-refractivity contribution in [3.05, 3.63) is 144 Å². The predicted octanol–water partition coefficient (Wildman–Crippen LogP) is 5.54. The zero-order valence-electron chi connectivity index (χ0n) is 19.3. The van der Waals surface area contributed by atoms with E-state index in [1.807, 2.05) is 24.3 Å². The van der Waals surface area contributed by atoms with Crippen molar-refractivity contribution >= 4 is 0 Å². The van der Waals surface area contributed by atoms with Gasteiger partial charge in [-0.1, -0.05) is 121 Å². The number of nitrogens with one attached hydrogen (secondary N) is 3. The van der Waals surface area contributed by atoms with E-state index in [1.165, 1.54) is 22.3 Å². The third kappa shape index (κ3) is 10.8. The van der Waals surface area contributed by atoms with Gasteiger partial charge in [-0.05, 0) is 22.3 Å². The lowest BCUT2D eigenvalue weighted by atomic mass is 10.2. The van der Waals surface area contributed by atoms with Crippen molar-refractivity contribution in [3.63, 3.8) is 0 Å². The van der Waals surface area contributed by atoms with E-state index in [2.05, 4.69) is 113 Å². The highest BCUT2D eigenvalue weighted by molar-refractivity contribution is 5.17. The van der Waals surface area contributed by atoms with Crippen LogP contribution in [0, 0.1) is 0 Å². The van der Waals surface area contributed by atoms with Gasteiger partial charge in [0.15, 0.2) is 0 Å². The normalized spacial score (nSPS) is 10.3. The summed E-state index contributed by atoms with van der Waals surface area (Å²) in [5.41, 5.74) is 5.32. The molecule has 33 heavy (non-hydrogen) atoms. The molecule has 0 atom stereocenters. The van der Waals surface area contributed by atoms with Gasteiger partial charge in [-0.2, -0.15) is 0 Å². The maximum Gasteiger partial charge on any atom is 0.0208 e. The minimum Gasteiger partial charge on any atom is -0.311 e. The Labute approximate surface area is 198 Å². The first-order valence-electron chi connectivity index (χ1n) is 11.7. The highest BCUT2D eigenvalue weighted by atomic mass is 14.9. The van der Waals surface area contributed by atoms with Crippen molar-refractivity contribution < 1.29 is 0 Å². The van der Waals surface area contributed by atoms with Crippen LogP contribution in [0.3, 0.4) is 0 Å². The van der Waals surface area contributed by atoms with Gasteiger partial charge in [-0.25, -0.2) is 0 Å². The van der Waals surface area contributed by atoms with Crippen LogP contribution in [0.1, 0.15) is 22.3 Å². The molecule has 4 aromatic rings. The molecule has 0 saturated heterocycles. The van der Waals surface area contributed by atoms with Crippen LogP contribution in [0.4, 0.5) is 0 Å². The third-order valence-electron chi connectivity index (χ3n) is 5.17. The molecule has 0 heterocycles. The minimum absolute atomic E-state index is 0.926. The van der Waals surface area contributed by atoms with Crippen molar-refractivity contribution in [2.45, 2.75) is 26.2 Å². The summed E-state index contributed by atoms with van der Waals surface area (Å²) in [4.78, 5) is 0. The van der Waals surface area contributed by atoms with Crippen LogP contribution in [-0.4, -0.2) is 13.1 Å². The van der Waals surface area contributed by atoms with Gasteiger partial charge in [0.2, 0.25) is 0 Å². The van der Waals surface area contributed by atoms with Crippen molar-refractivity contribution in [3.8, 4) is 0 Å². The number of rotatable bonds is 11. The molecule has 0 spiro atoms. The van der Waals surface area contributed by atoms with Crippen LogP contribution in [0.5, 0.6) is 0 Å². The molecule has 0 bridgehead atoms. The van der Waals surface area contributed by atoms with Crippen molar-refractivity contribution in [2.24, 2.45) is 0 Å². The van der Waals surface area contributed by atoms with Gasteiger partial charge in [-0.3, -0.25) is 0 Å². The summed E-state index contributed by atoms with van der Waals surface area (Å²) in [6.45, 7) is 5.70. The highest BCUT2D eigenvalue weighted by Crippen LogP contribution is 2.01. The molecular formula is C30H35N3. The summed E-state index contributed by atoms with van der Waals surface area (Å²) >= 11 is 0. The molecule has 3 nitrogen and oxygen atoms in total. The molecule has 0 amide bonds. The summed E-state index contributed by atoms with van der Waals surface area (Å²) in [5.74, 6) is 0. The Bertz CT molecular complexity index is 891. The molecule has 3 N–H and O–H groups in total. The molecule has 4 aromatic carbocycles. The molecule has 0 fully saturated rings. The maximum absolute atomic E-state index is 3.43. The molecule has 0 aliphatic heterocycles. The molecule has 0 aliphatic rings. The SMILES string of the molecule is c1ccc(CNCCNCc2ccccc2)cc1.c1ccc(CNCc2ccccc2)cc1. The molecule has 0 aliphatic carbocycles. The lowest BCUT2D eigenvalue weighted by Crippen LogP contribution is -2.26. The van der Waals surface area contributed by atoms with E-state index in [4.69, 9.17) is 0 Å². The summed E-state index contributed by atoms with van der Waals surface area (Å²) in [5, 5.41) is 10.3. The molecule has 3 heteroatoms. The van der Waals surface area contributed by atoms with Crippen LogP contribution >= 0.6 is 0 Å². The zero-order valence-corrected chi connectivity index (χ0v) is 19.3. The predicted molar refractivity (Wildman–Crippen MR) is 140 cm³/mol. The smallest absolute Gasteiger partial charge is 0.0208 e. The second-order valence-electron chi connectivity index (χ2n) is 7.90. The second kappa shape index (κ2) is 15.5. The van der Waals surface area contributed by atoms with Crippen LogP contribution in [0.2, 0.25) is 0 Å². The Morgan fingerprint density at radius 2 is 0.545 bits per heavy atom. The number of hydrogen-bond donors (Lipinski definition) is 3. The van der Waals surface area contributed by atoms with E-state index in [0.717, 1.165) is 39.3 Å². The fraction of sp³-hybridized carbons (Fsp3) is 0.200. The summed E-state index contributed by atoms with van der Waals surface area (Å²) < 4.78 is 0. The summed E-state index contributed by atoms with van der Waals surface area (Å²) in [7, 11) is 0. The quantitative estimate of drug-likeness (QED) is 0.270. The van der Waals surface area contributed by atoms with Crippen LogP contribution in [0.15, 0.2) is 121 Å². The zero-order chi connectivity index (χ0) is 22.8. The Balaban J connectivity index is 0.000000189. The third-order valence-corrected chi connectivity index (χ3v) is 5.17. The van der Waals surface area contributed by atoms with Gasteiger partial charge < -0.3 is 16.0 Å². The fourth-order valence-corrected chi connectivity index (χ4v) is 3.38. The Morgan fingerprint density at radius 1 is 0.303 bits per heavy atom. The Morgan fingerprint density at radius 3 is 0.818 bits per heavy atom. The fourth-order valence-electron chi connectivity index (χ4n) is 3.38. The first kappa shape index (κ1) is 24.4. The average Bonchev–Trinajstić information content (AvgIpc) is 2.89. The van der Waals surface area contributed by atoms with E-state index in [-0.39, 0.29) is 0 Å². The maximum atomic E-state index is 3.43. The van der Waals surface area contributed by atoms with E-state index >= 15 is 0 Å². The molecule has 170 valence electrons. The van der Waals surface area contributed by atoms with E-state index in [9.17, 15) is 0 Å². The minimum atomic E-state index is 0.926. The van der Waals surface area contributed by atoms with Gasteiger partial charge >= 0.3 is 0 Å². The second-order valence-corrected chi connectivity index (χ2v) is 7.90. The molecule has 0 radical (unpaired) electrons. The van der Waals surface area contributed by atoms with E-state index in [0.29, 0.717) is 0 Å². The molecule has 0 saturated carbocycles. The molecule has 0 aromatic heterocycles. The van der Waals surface area contributed by atoms with Gasteiger partial charge in [-0.15, -0.1) is 0 Å². The van der Waals surface area contributed by atoms with E-state index in [1.54, 1.807) is 0 Å². The van der Waals surface area contributed by atoms with E-state index < -0.39 is 0 Å². The number of benzene rings is 4. The molecule has 4 rings (SSSR count). The number of hydrogen-bond acceptors (Lipinski definition) is 3. The van der Waals surface area contributed by atoms with Crippen LogP contribution in [0.25, 0.3) is 0 Å². The summed E-state index contributed by atoms with van der Waals surface area (Å²) in [6, 6.07) is 41.9. The van der Waals surface area contributed by atoms with Gasteiger partial charge in [0.05, 0.1) is 0 Å². The topological polar surface area (TPSA) is 36.1 Å². The van der Waals surface area contributed by atoms with Gasteiger partial charge in [0.1, 0.15) is 0 Å². The van der Waals surface area contributed by atoms with Gasteiger partial charge in [0.25, 0.3) is 0 Å². The molecular weight excluding hydrogens is 402 g/mol. The van der Waals surface area contributed by atoms with Gasteiger partial charge in [0, 0.05) is 39.3 Å². The Kier molecular flexibility index (Phi) is 11.5. The largest absolute Gasteiger partial charge is 0.311 e. The Hall–Kier alpha value is -3.24. The molecule has 0 unspecified atom stereocenters. The van der Waals surface area contributed by atoms with Crippen LogP contribution in [-0.2, 0) is 26.2 Å². The first-order chi connectivity index (χ1) is 16.4. The highest BCUT2D eigenvalue weighted by Gasteiger charge is 1.93. The first-order valence-corrected chi connectivity index (χ1v) is 11.7. The van der Waals surface area contributed by atoms with Crippen molar-refractivity contribution in [2.75, 3.05) is 13.1 Å². The summed E-state index contributed by atoms with van der Waals surface area (Å²) in [6.07, 6.45) is 0. The lowest BCUT2D eigenvalue weighted by Gasteiger charge is -2.06.